The van der Waals surface area contributed by atoms with Crippen molar-refractivity contribution in [3.05, 3.63) is 29.8 Å². The van der Waals surface area contributed by atoms with Crippen LogP contribution >= 0.6 is 0 Å². The number of likely N-dealkylation sites (N-methyl/N-ethyl adjacent to an activating group) is 1. The van der Waals surface area contributed by atoms with Crippen LogP contribution in [0.2, 0.25) is 0 Å². The third-order valence-corrected chi connectivity index (χ3v) is 3.72. The molecule has 0 heterocycles. The molecule has 0 fully saturated rings. The molecule has 2 amide bonds. The maximum Gasteiger partial charge on any atom is 0.309 e. The van der Waals surface area contributed by atoms with Crippen molar-refractivity contribution >= 4 is 17.5 Å². The summed E-state index contributed by atoms with van der Waals surface area (Å²) in [6.45, 7) is 2.88. The monoisotopic (exact) mass is 321 g/mol. The van der Waals surface area contributed by atoms with Crippen LogP contribution in [-0.4, -0.2) is 53.1 Å². The van der Waals surface area contributed by atoms with Crippen LogP contribution < -0.4 is 20.4 Å². The molecule has 0 unspecified atom stereocenters. The number of carbonyl (C=O) groups is 2. The van der Waals surface area contributed by atoms with Crippen molar-refractivity contribution in [1.82, 2.24) is 10.6 Å². The van der Waals surface area contributed by atoms with Gasteiger partial charge in [-0.25, -0.2) is 0 Å². The topological polar surface area (TPSA) is 65.9 Å². The Bertz CT molecular complexity index is 512. The Labute approximate surface area is 138 Å². The van der Waals surface area contributed by atoms with Gasteiger partial charge in [0.2, 0.25) is 0 Å². The highest BCUT2D eigenvalue weighted by Crippen LogP contribution is 2.15. The van der Waals surface area contributed by atoms with Crippen LogP contribution in [0.5, 0.6) is 0 Å². The first kappa shape index (κ1) is 19.0. The lowest BCUT2D eigenvalue weighted by atomic mass is 10.1. The van der Waals surface area contributed by atoms with Crippen molar-refractivity contribution < 1.29 is 14.5 Å². The molecule has 1 aromatic rings. The number of carbonyl (C=O) groups excluding carboxylic acids is 2. The standard InChI is InChI=1S/C17H28N4O2/c1-6-11-18-16(22)17(23)19-12-15(21(4)5)13-7-9-14(10-8-13)20(2)3/h7-10,15H,6,11-12H2,1-5H3,(H,18,22)(H,19,23)/p+1/t15-/m0/s1. The van der Waals surface area contributed by atoms with E-state index in [0.29, 0.717) is 13.1 Å². The van der Waals surface area contributed by atoms with E-state index >= 15 is 0 Å². The molecule has 6 nitrogen and oxygen atoms in total. The molecule has 1 rings (SSSR count). The number of hydrogen-bond acceptors (Lipinski definition) is 3. The number of amides is 2. The van der Waals surface area contributed by atoms with E-state index in [1.807, 2.05) is 40.0 Å². The largest absolute Gasteiger partial charge is 0.378 e. The number of rotatable bonds is 7. The molecule has 0 aromatic heterocycles. The van der Waals surface area contributed by atoms with Gasteiger partial charge in [0.25, 0.3) is 0 Å². The second-order valence-electron chi connectivity index (χ2n) is 6.08. The van der Waals surface area contributed by atoms with Gasteiger partial charge in [-0.1, -0.05) is 19.1 Å². The fraction of sp³-hybridized carbons (Fsp3) is 0.529. The molecule has 0 aliphatic heterocycles. The number of quaternary nitrogens is 1. The first-order chi connectivity index (χ1) is 10.9. The van der Waals surface area contributed by atoms with Crippen molar-refractivity contribution in [3.8, 4) is 0 Å². The molecule has 0 radical (unpaired) electrons. The van der Waals surface area contributed by atoms with Gasteiger partial charge in [0, 0.05) is 31.9 Å². The van der Waals surface area contributed by atoms with Crippen LogP contribution in [0.15, 0.2) is 24.3 Å². The second-order valence-corrected chi connectivity index (χ2v) is 6.08. The van der Waals surface area contributed by atoms with Crippen molar-refractivity contribution in [3.63, 3.8) is 0 Å². The van der Waals surface area contributed by atoms with Crippen LogP contribution in [0.25, 0.3) is 0 Å². The van der Waals surface area contributed by atoms with Gasteiger partial charge in [0.15, 0.2) is 0 Å². The summed E-state index contributed by atoms with van der Waals surface area (Å²) in [5, 5.41) is 5.31. The van der Waals surface area contributed by atoms with Crippen molar-refractivity contribution in [1.29, 1.82) is 0 Å². The Balaban J connectivity index is 2.68. The molecule has 0 spiro atoms. The lowest BCUT2D eigenvalue weighted by Crippen LogP contribution is -3.07. The molecule has 0 saturated carbocycles. The highest BCUT2D eigenvalue weighted by atomic mass is 16.2. The van der Waals surface area contributed by atoms with E-state index in [1.54, 1.807) is 0 Å². The summed E-state index contributed by atoms with van der Waals surface area (Å²) in [6, 6.07) is 8.34. The summed E-state index contributed by atoms with van der Waals surface area (Å²) in [6.07, 6.45) is 0.807. The minimum absolute atomic E-state index is 0.0918. The van der Waals surface area contributed by atoms with Gasteiger partial charge in [0.05, 0.1) is 20.6 Å². The molecule has 23 heavy (non-hydrogen) atoms. The molecule has 1 aromatic carbocycles. The normalized spacial score (nSPS) is 11.9. The zero-order valence-corrected chi connectivity index (χ0v) is 14.8. The molecule has 0 saturated heterocycles. The number of hydrogen-bond donors (Lipinski definition) is 3. The summed E-state index contributed by atoms with van der Waals surface area (Å²) in [5.74, 6) is -1.14. The van der Waals surface area contributed by atoms with Crippen LogP contribution in [0, 0.1) is 0 Å². The quantitative estimate of drug-likeness (QED) is 0.598. The first-order valence-corrected chi connectivity index (χ1v) is 8.00. The van der Waals surface area contributed by atoms with Gasteiger partial charge in [0.1, 0.15) is 6.04 Å². The second kappa shape index (κ2) is 9.15. The lowest BCUT2D eigenvalue weighted by Gasteiger charge is -2.23. The van der Waals surface area contributed by atoms with Crippen molar-refractivity contribution in [2.75, 3.05) is 46.2 Å². The average molecular weight is 321 g/mol. The highest BCUT2D eigenvalue weighted by Gasteiger charge is 2.21. The average Bonchev–Trinajstić information content (AvgIpc) is 2.52. The van der Waals surface area contributed by atoms with E-state index in [0.717, 1.165) is 17.7 Å². The van der Waals surface area contributed by atoms with Gasteiger partial charge in [-0.2, -0.15) is 0 Å². The number of nitrogens with zero attached hydrogens (tertiary/aromatic N) is 1. The summed E-state index contributed by atoms with van der Waals surface area (Å²) >= 11 is 0. The lowest BCUT2D eigenvalue weighted by molar-refractivity contribution is -0.890. The van der Waals surface area contributed by atoms with Crippen molar-refractivity contribution in [2.24, 2.45) is 0 Å². The highest BCUT2D eigenvalue weighted by molar-refractivity contribution is 6.35. The molecule has 0 aliphatic carbocycles. The summed E-state index contributed by atoms with van der Waals surface area (Å²) in [4.78, 5) is 26.7. The zero-order valence-electron chi connectivity index (χ0n) is 14.8. The summed E-state index contributed by atoms with van der Waals surface area (Å²) in [5.41, 5.74) is 2.26. The third kappa shape index (κ3) is 5.90. The maximum atomic E-state index is 11.8. The Morgan fingerprint density at radius 2 is 1.65 bits per heavy atom. The van der Waals surface area contributed by atoms with E-state index in [1.165, 1.54) is 4.90 Å². The zero-order chi connectivity index (χ0) is 17.4. The van der Waals surface area contributed by atoms with Gasteiger partial charge in [-0.3, -0.25) is 9.59 Å². The Morgan fingerprint density at radius 1 is 1.09 bits per heavy atom. The van der Waals surface area contributed by atoms with Crippen LogP contribution in [0.3, 0.4) is 0 Å². The summed E-state index contributed by atoms with van der Waals surface area (Å²) < 4.78 is 0. The smallest absolute Gasteiger partial charge is 0.309 e. The van der Waals surface area contributed by atoms with Crippen molar-refractivity contribution in [2.45, 2.75) is 19.4 Å². The van der Waals surface area contributed by atoms with Crippen LogP contribution in [0.1, 0.15) is 24.9 Å². The molecule has 128 valence electrons. The van der Waals surface area contributed by atoms with Gasteiger partial charge in [-0.15, -0.1) is 0 Å². The molecule has 1 atom stereocenters. The first-order valence-electron chi connectivity index (χ1n) is 8.00. The minimum Gasteiger partial charge on any atom is -0.378 e. The fourth-order valence-electron chi connectivity index (χ4n) is 2.25. The number of nitrogens with one attached hydrogen (secondary N) is 3. The molecule has 6 heteroatoms. The number of benzene rings is 1. The van der Waals surface area contributed by atoms with E-state index in [-0.39, 0.29) is 6.04 Å². The van der Waals surface area contributed by atoms with E-state index in [9.17, 15) is 9.59 Å². The van der Waals surface area contributed by atoms with E-state index < -0.39 is 11.8 Å². The SMILES string of the molecule is CCCNC(=O)C(=O)NC[C@@H](c1ccc(N(C)C)cc1)[NH+](C)C. The van der Waals surface area contributed by atoms with Gasteiger partial charge in [-0.05, 0) is 18.6 Å². The Kier molecular flexibility index (Phi) is 7.54. The van der Waals surface area contributed by atoms with Crippen LogP contribution in [-0.2, 0) is 9.59 Å². The van der Waals surface area contributed by atoms with E-state index in [2.05, 4.69) is 34.9 Å². The predicted octanol–water partition coefficient (Wildman–Crippen LogP) is -0.419. The Hall–Kier alpha value is -2.08. The summed E-state index contributed by atoms with van der Waals surface area (Å²) in [7, 11) is 8.07. The molecule has 0 aliphatic rings. The molecular weight excluding hydrogens is 292 g/mol. The molecule has 3 N–H and O–H groups in total. The fourth-order valence-corrected chi connectivity index (χ4v) is 2.25. The third-order valence-electron chi connectivity index (χ3n) is 3.72. The van der Waals surface area contributed by atoms with Gasteiger partial charge >= 0.3 is 11.8 Å². The van der Waals surface area contributed by atoms with E-state index in [4.69, 9.17) is 0 Å². The maximum absolute atomic E-state index is 11.8. The Morgan fingerprint density at radius 3 is 2.13 bits per heavy atom. The predicted molar refractivity (Wildman–Crippen MR) is 92.6 cm³/mol. The van der Waals surface area contributed by atoms with Crippen LogP contribution in [0.4, 0.5) is 5.69 Å². The molecule has 0 bridgehead atoms. The molecular formula is C17H29N4O2+. The van der Waals surface area contributed by atoms with Gasteiger partial charge < -0.3 is 20.4 Å². The minimum atomic E-state index is -0.574. The number of anilines is 1.